The van der Waals surface area contributed by atoms with Crippen LogP contribution in [0.5, 0.6) is 0 Å². The van der Waals surface area contributed by atoms with E-state index in [1.807, 2.05) is 25.1 Å². The first-order valence-electron chi connectivity index (χ1n) is 11.6. The summed E-state index contributed by atoms with van der Waals surface area (Å²) < 4.78 is 0. The predicted octanol–water partition coefficient (Wildman–Crippen LogP) is 4.69. The number of carbonyl (C=O) groups is 2. The smallest absolute Gasteiger partial charge is 0.255 e. The lowest BCUT2D eigenvalue weighted by molar-refractivity contribution is -0.115. The molecule has 5 rings (SSSR count). The quantitative estimate of drug-likeness (QED) is 0.564. The van der Waals surface area contributed by atoms with E-state index in [2.05, 4.69) is 62.9 Å². The summed E-state index contributed by atoms with van der Waals surface area (Å²) in [4.78, 5) is 30.6. The molecule has 2 amide bonds. The van der Waals surface area contributed by atoms with Crippen molar-refractivity contribution in [2.24, 2.45) is 0 Å². The summed E-state index contributed by atoms with van der Waals surface area (Å²) in [6.07, 6.45) is 0. The van der Waals surface area contributed by atoms with E-state index >= 15 is 0 Å². The number of anilines is 3. The van der Waals surface area contributed by atoms with Crippen LogP contribution in [-0.2, 0) is 11.3 Å². The molecular formula is C27H28N4O2S. The molecule has 34 heavy (non-hydrogen) atoms. The van der Waals surface area contributed by atoms with E-state index in [0.29, 0.717) is 11.3 Å². The second kappa shape index (κ2) is 9.91. The van der Waals surface area contributed by atoms with Crippen LogP contribution in [0.4, 0.5) is 17.1 Å². The van der Waals surface area contributed by atoms with Crippen LogP contribution in [0.2, 0.25) is 0 Å². The third kappa shape index (κ3) is 5.11. The van der Waals surface area contributed by atoms with Crippen molar-refractivity contribution in [1.82, 2.24) is 4.90 Å². The van der Waals surface area contributed by atoms with Gasteiger partial charge in [-0.25, -0.2) is 0 Å². The summed E-state index contributed by atoms with van der Waals surface area (Å²) in [6.45, 7) is 6.88. The zero-order valence-electron chi connectivity index (χ0n) is 19.2. The molecule has 0 unspecified atom stereocenters. The molecule has 0 aromatic heterocycles. The minimum atomic E-state index is -0.192. The Kier molecular flexibility index (Phi) is 6.56. The van der Waals surface area contributed by atoms with Crippen LogP contribution in [0.25, 0.3) is 0 Å². The highest BCUT2D eigenvalue weighted by Gasteiger charge is 2.24. The van der Waals surface area contributed by atoms with E-state index in [0.717, 1.165) is 43.3 Å². The van der Waals surface area contributed by atoms with E-state index in [1.165, 1.54) is 23.0 Å². The normalized spacial score (nSPS) is 18.2. The van der Waals surface area contributed by atoms with E-state index in [1.54, 1.807) is 12.1 Å². The molecule has 2 aliphatic rings. The third-order valence-corrected chi connectivity index (χ3v) is 7.46. The van der Waals surface area contributed by atoms with Gasteiger partial charge in [-0.2, -0.15) is 0 Å². The van der Waals surface area contributed by atoms with Crippen molar-refractivity contribution in [3.63, 3.8) is 0 Å². The van der Waals surface area contributed by atoms with E-state index < -0.39 is 0 Å². The van der Waals surface area contributed by atoms with Crippen LogP contribution in [0.15, 0.2) is 77.7 Å². The van der Waals surface area contributed by atoms with Crippen LogP contribution in [0.1, 0.15) is 22.8 Å². The summed E-state index contributed by atoms with van der Waals surface area (Å²) in [6, 6.07) is 24.1. The van der Waals surface area contributed by atoms with Gasteiger partial charge in [0.2, 0.25) is 5.91 Å². The maximum Gasteiger partial charge on any atom is 0.255 e. The Morgan fingerprint density at radius 1 is 1.00 bits per heavy atom. The van der Waals surface area contributed by atoms with Gasteiger partial charge in [0, 0.05) is 54.6 Å². The Morgan fingerprint density at radius 2 is 1.74 bits per heavy atom. The van der Waals surface area contributed by atoms with Crippen LogP contribution in [-0.4, -0.2) is 48.1 Å². The Labute approximate surface area is 204 Å². The number of nitrogens with one attached hydrogen (secondary N) is 2. The first-order chi connectivity index (χ1) is 16.5. The molecule has 2 aliphatic heterocycles. The van der Waals surface area contributed by atoms with E-state index in [4.69, 9.17) is 0 Å². The van der Waals surface area contributed by atoms with Gasteiger partial charge in [-0.3, -0.25) is 14.5 Å². The minimum absolute atomic E-state index is 0.0356. The van der Waals surface area contributed by atoms with Crippen molar-refractivity contribution in [3.05, 3.63) is 83.9 Å². The lowest BCUT2D eigenvalue weighted by Gasteiger charge is -2.36. The fourth-order valence-corrected chi connectivity index (χ4v) is 5.25. The van der Waals surface area contributed by atoms with Crippen molar-refractivity contribution in [2.45, 2.75) is 23.6 Å². The maximum absolute atomic E-state index is 12.8. The molecular weight excluding hydrogens is 444 g/mol. The number of hydrogen-bond donors (Lipinski definition) is 2. The number of carbonyl (C=O) groups excluding carboxylic acids is 2. The SMILES string of the molecule is C[C@@H]1Sc2ccc(C(=O)Nc3ccc(N4CCN(Cc5ccccc5)CC4)cc3)cc2NC1=O. The van der Waals surface area contributed by atoms with Crippen molar-refractivity contribution >= 4 is 40.6 Å². The Bertz CT molecular complexity index is 1170. The molecule has 0 saturated carbocycles. The van der Waals surface area contributed by atoms with Gasteiger partial charge in [-0.05, 0) is 55.0 Å². The third-order valence-electron chi connectivity index (χ3n) is 6.28. The van der Waals surface area contributed by atoms with Crippen molar-refractivity contribution < 1.29 is 9.59 Å². The summed E-state index contributed by atoms with van der Waals surface area (Å²) in [5.41, 5.74) is 4.49. The maximum atomic E-state index is 12.8. The van der Waals surface area contributed by atoms with Gasteiger partial charge < -0.3 is 15.5 Å². The molecule has 6 nitrogen and oxygen atoms in total. The molecule has 1 fully saturated rings. The second-order valence-electron chi connectivity index (χ2n) is 8.71. The molecule has 3 aromatic carbocycles. The number of rotatable bonds is 5. The van der Waals surface area contributed by atoms with Crippen LogP contribution in [0, 0.1) is 0 Å². The number of fused-ring (bicyclic) bond motifs is 1. The molecule has 0 spiro atoms. The van der Waals surface area contributed by atoms with E-state index in [9.17, 15) is 9.59 Å². The first kappa shape index (κ1) is 22.5. The molecule has 2 heterocycles. The topological polar surface area (TPSA) is 64.7 Å². The molecule has 174 valence electrons. The second-order valence-corrected chi connectivity index (χ2v) is 10.1. The van der Waals surface area contributed by atoms with Gasteiger partial charge >= 0.3 is 0 Å². The number of hydrogen-bond acceptors (Lipinski definition) is 5. The highest BCUT2D eigenvalue weighted by molar-refractivity contribution is 8.00. The van der Waals surface area contributed by atoms with Gasteiger partial charge in [-0.15, -0.1) is 11.8 Å². The number of piperazine rings is 1. The predicted molar refractivity (Wildman–Crippen MR) is 139 cm³/mol. The lowest BCUT2D eigenvalue weighted by Crippen LogP contribution is -2.45. The molecule has 2 N–H and O–H groups in total. The van der Waals surface area contributed by atoms with Crippen LogP contribution < -0.4 is 15.5 Å². The summed E-state index contributed by atoms with van der Waals surface area (Å²) in [5, 5.41) is 5.72. The largest absolute Gasteiger partial charge is 0.369 e. The highest BCUT2D eigenvalue weighted by atomic mass is 32.2. The van der Waals surface area contributed by atoms with Crippen molar-refractivity contribution in [1.29, 1.82) is 0 Å². The summed E-state index contributed by atoms with van der Waals surface area (Å²) in [5.74, 6) is -0.227. The Hall–Kier alpha value is -3.29. The molecule has 1 atom stereocenters. The van der Waals surface area contributed by atoms with Crippen LogP contribution >= 0.6 is 11.8 Å². The number of benzene rings is 3. The van der Waals surface area contributed by atoms with Crippen LogP contribution in [0.3, 0.4) is 0 Å². The lowest BCUT2D eigenvalue weighted by atomic mass is 10.1. The summed E-state index contributed by atoms with van der Waals surface area (Å²) in [7, 11) is 0. The zero-order valence-corrected chi connectivity index (χ0v) is 20.0. The number of thioether (sulfide) groups is 1. The molecule has 0 bridgehead atoms. The Morgan fingerprint density at radius 3 is 2.47 bits per heavy atom. The Balaban J connectivity index is 1.16. The average Bonchev–Trinajstić information content (AvgIpc) is 2.86. The number of amides is 2. The fourth-order valence-electron chi connectivity index (χ4n) is 4.31. The highest BCUT2D eigenvalue weighted by Crippen LogP contribution is 2.36. The molecule has 0 aliphatic carbocycles. The van der Waals surface area contributed by atoms with E-state index in [-0.39, 0.29) is 17.1 Å². The van der Waals surface area contributed by atoms with Gasteiger partial charge in [0.15, 0.2) is 0 Å². The standard InChI is InChI=1S/C27H28N4O2S/c1-19-26(32)29-24-17-21(7-12-25(24)34-19)27(33)28-22-8-10-23(11-9-22)31-15-13-30(14-16-31)18-20-5-3-2-4-6-20/h2-12,17,19H,13-16,18H2,1H3,(H,28,33)(H,29,32)/t19-/m0/s1. The summed E-state index contributed by atoms with van der Waals surface area (Å²) >= 11 is 1.51. The van der Waals surface area contributed by atoms with Crippen molar-refractivity contribution in [2.75, 3.05) is 41.7 Å². The van der Waals surface area contributed by atoms with Gasteiger partial charge in [0.25, 0.3) is 5.91 Å². The van der Waals surface area contributed by atoms with Crippen molar-refractivity contribution in [3.8, 4) is 0 Å². The molecule has 7 heteroatoms. The fraction of sp³-hybridized carbons (Fsp3) is 0.259. The van der Waals surface area contributed by atoms with Gasteiger partial charge in [0.1, 0.15) is 0 Å². The first-order valence-corrected chi connectivity index (χ1v) is 12.5. The van der Waals surface area contributed by atoms with Gasteiger partial charge in [0.05, 0.1) is 10.9 Å². The molecule has 0 radical (unpaired) electrons. The zero-order chi connectivity index (χ0) is 23.5. The monoisotopic (exact) mass is 472 g/mol. The molecule has 1 saturated heterocycles. The minimum Gasteiger partial charge on any atom is -0.369 e. The average molecular weight is 473 g/mol. The molecule has 3 aromatic rings. The number of nitrogens with zero attached hydrogens (tertiary/aromatic N) is 2. The van der Waals surface area contributed by atoms with Gasteiger partial charge in [-0.1, -0.05) is 30.3 Å².